The molecule has 0 saturated heterocycles. The normalized spacial score (nSPS) is 24.3. The molecule has 0 bridgehead atoms. The van der Waals surface area contributed by atoms with Crippen molar-refractivity contribution < 1.29 is 0 Å². The molecule has 0 radical (unpaired) electrons. The first-order chi connectivity index (χ1) is 9.67. The van der Waals surface area contributed by atoms with E-state index in [1.807, 2.05) is 31.5 Å². The van der Waals surface area contributed by atoms with Crippen molar-refractivity contribution in [2.24, 2.45) is 5.92 Å². The van der Waals surface area contributed by atoms with E-state index >= 15 is 0 Å². The van der Waals surface area contributed by atoms with Crippen LogP contribution < -0.4 is 0 Å². The highest BCUT2D eigenvalue weighted by Gasteiger charge is 2.47. The molecule has 1 aliphatic rings. The average molecular weight is 302 g/mol. The highest BCUT2D eigenvalue weighted by molar-refractivity contribution is 7.10. The van der Waals surface area contributed by atoms with Gasteiger partial charge in [0.05, 0.1) is 6.07 Å². The van der Waals surface area contributed by atoms with Crippen molar-refractivity contribution in [3.05, 3.63) is 44.8 Å². The summed E-state index contributed by atoms with van der Waals surface area (Å²) in [6.07, 6.45) is 2.16. The molecule has 0 aromatic carbocycles. The zero-order valence-corrected chi connectivity index (χ0v) is 13.4. The summed E-state index contributed by atoms with van der Waals surface area (Å²) in [7, 11) is 4.04. The molecule has 4 heteroatoms. The molecule has 3 atom stereocenters. The first-order valence-corrected chi connectivity index (χ1v) is 8.59. The molecule has 2 aromatic rings. The Balaban J connectivity index is 1.81. The summed E-state index contributed by atoms with van der Waals surface area (Å²) in [5.74, 6) is 1.31. The van der Waals surface area contributed by atoms with E-state index in [4.69, 9.17) is 0 Å². The van der Waals surface area contributed by atoms with Crippen molar-refractivity contribution in [2.75, 3.05) is 14.1 Å². The lowest BCUT2D eigenvalue weighted by atomic mass is 9.90. The third-order valence-electron chi connectivity index (χ3n) is 4.27. The van der Waals surface area contributed by atoms with Gasteiger partial charge in [0.2, 0.25) is 0 Å². The summed E-state index contributed by atoms with van der Waals surface area (Å²) >= 11 is 3.53. The van der Waals surface area contributed by atoms with Gasteiger partial charge in [-0.3, -0.25) is 4.90 Å². The van der Waals surface area contributed by atoms with Crippen LogP contribution in [0.4, 0.5) is 0 Å². The number of rotatable bonds is 5. The first kappa shape index (κ1) is 13.8. The second-order valence-corrected chi connectivity index (χ2v) is 7.59. The summed E-state index contributed by atoms with van der Waals surface area (Å²) in [5.41, 5.74) is -0.467. The quantitative estimate of drug-likeness (QED) is 0.824. The van der Waals surface area contributed by atoms with Gasteiger partial charge in [-0.2, -0.15) is 5.26 Å². The number of thiophene rings is 2. The van der Waals surface area contributed by atoms with Crippen molar-refractivity contribution in [3.8, 4) is 6.07 Å². The highest BCUT2D eigenvalue weighted by atomic mass is 32.1. The Hall–Kier alpha value is -1.15. The molecule has 0 amide bonds. The van der Waals surface area contributed by atoms with Crippen molar-refractivity contribution in [1.29, 1.82) is 5.26 Å². The van der Waals surface area contributed by atoms with Crippen LogP contribution in [-0.2, 0) is 5.54 Å². The van der Waals surface area contributed by atoms with E-state index in [0.29, 0.717) is 11.8 Å². The maximum Gasteiger partial charge on any atom is 0.143 e. The monoisotopic (exact) mass is 302 g/mol. The SMILES string of the molecule is CN(C)C(C#N)(C[C@@H]1C[C@H]1c1cccs1)c1cccs1. The number of hydrogen-bond acceptors (Lipinski definition) is 4. The van der Waals surface area contributed by atoms with Gasteiger partial charge in [-0.25, -0.2) is 0 Å². The van der Waals surface area contributed by atoms with Crippen LogP contribution in [0.25, 0.3) is 0 Å². The van der Waals surface area contributed by atoms with Gasteiger partial charge in [0.1, 0.15) is 5.54 Å². The Kier molecular flexibility index (Phi) is 3.68. The first-order valence-electron chi connectivity index (χ1n) is 6.83. The Bertz CT molecular complexity index is 595. The van der Waals surface area contributed by atoms with Crippen LogP contribution in [0.2, 0.25) is 0 Å². The van der Waals surface area contributed by atoms with Gasteiger partial charge in [0.15, 0.2) is 0 Å². The van der Waals surface area contributed by atoms with Gasteiger partial charge in [-0.1, -0.05) is 12.1 Å². The summed E-state index contributed by atoms with van der Waals surface area (Å²) in [6, 6.07) is 11.1. The van der Waals surface area contributed by atoms with E-state index in [2.05, 4.69) is 39.9 Å². The summed E-state index contributed by atoms with van der Waals surface area (Å²) < 4.78 is 0. The minimum Gasteiger partial charge on any atom is -0.287 e. The molecular formula is C16H18N2S2. The number of nitriles is 1. The molecule has 2 nitrogen and oxygen atoms in total. The van der Waals surface area contributed by atoms with E-state index < -0.39 is 5.54 Å². The largest absolute Gasteiger partial charge is 0.287 e. The minimum absolute atomic E-state index is 0.467. The van der Waals surface area contributed by atoms with Gasteiger partial charge in [-0.05, 0) is 61.7 Å². The standard InChI is InChI=1S/C16H18N2S2/c1-18(2)16(11-17,15-6-4-8-20-15)10-12-9-13(12)14-5-3-7-19-14/h3-8,12-13H,9-10H2,1-2H3/t12-,13+,16?/m0/s1. The van der Waals surface area contributed by atoms with Crippen LogP contribution in [0, 0.1) is 17.2 Å². The lowest BCUT2D eigenvalue weighted by Crippen LogP contribution is -2.40. The molecule has 1 fully saturated rings. The van der Waals surface area contributed by atoms with Crippen LogP contribution in [0.15, 0.2) is 35.0 Å². The smallest absolute Gasteiger partial charge is 0.143 e. The Labute approximate surface area is 128 Å². The molecule has 1 saturated carbocycles. The predicted octanol–water partition coefficient (Wildman–Crippen LogP) is 4.28. The maximum atomic E-state index is 9.83. The number of nitrogens with zero attached hydrogens (tertiary/aromatic N) is 2. The predicted molar refractivity (Wildman–Crippen MR) is 85.1 cm³/mol. The zero-order valence-electron chi connectivity index (χ0n) is 11.7. The van der Waals surface area contributed by atoms with Crippen molar-refractivity contribution >= 4 is 22.7 Å². The van der Waals surface area contributed by atoms with Gasteiger partial charge in [0.25, 0.3) is 0 Å². The zero-order chi connectivity index (χ0) is 14.2. The van der Waals surface area contributed by atoms with Crippen molar-refractivity contribution in [3.63, 3.8) is 0 Å². The Morgan fingerprint density at radius 3 is 2.60 bits per heavy atom. The van der Waals surface area contributed by atoms with Crippen molar-refractivity contribution in [1.82, 2.24) is 4.90 Å². The van der Waals surface area contributed by atoms with Crippen LogP contribution in [-0.4, -0.2) is 19.0 Å². The summed E-state index contributed by atoms with van der Waals surface area (Å²) in [6.45, 7) is 0. The molecule has 0 N–H and O–H groups in total. The molecule has 2 heterocycles. The van der Waals surface area contributed by atoms with Gasteiger partial charge < -0.3 is 0 Å². The topological polar surface area (TPSA) is 27.0 Å². The van der Waals surface area contributed by atoms with Gasteiger partial charge >= 0.3 is 0 Å². The second kappa shape index (κ2) is 5.33. The summed E-state index contributed by atoms with van der Waals surface area (Å²) in [4.78, 5) is 4.73. The number of hydrogen-bond donors (Lipinski definition) is 0. The minimum atomic E-state index is -0.467. The van der Waals surface area contributed by atoms with E-state index in [1.165, 1.54) is 16.2 Å². The third kappa shape index (κ3) is 2.31. The molecule has 3 rings (SSSR count). The maximum absolute atomic E-state index is 9.83. The molecule has 20 heavy (non-hydrogen) atoms. The fourth-order valence-electron chi connectivity index (χ4n) is 2.92. The second-order valence-electron chi connectivity index (χ2n) is 5.67. The van der Waals surface area contributed by atoms with E-state index in [0.717, 1.165) is 6.42 Å². The summed E-state index contributed by atoms with van der Waals surface area (Å²) in [5, 5.41) is 14.0. The molecule has 0 aliphatic heterocycles. The Morgan fingerprint density at radius 1 is 1.30 bits per heavy atom. The molecule has 2 aromatic heterocycles. The van der Waals surface area contributed by atoms with Gasteiger partial charge in [-0.15, -0.1) is 22.7 Å². The molecular weight excluding hydrogens is 284 g/mol. The fraction of sp³-hybridized carbons (Fsp3) is 0.438. The van der Waals surface area contributed by atoms with Crippen LogP contribution >= 0.6 is 22.7 Å². The third-order valence-corrected chi connectivity index (χ3v) is 6.29. The lowest BCUT2D eigenvalue weighted by molar-refractivity contribution is 0.198. The van der Waals surface area contributed by atoms with Crippen LogP contribution in [0.1, 0.15) is 28.5 Å². The lowest BCUT2D eigenvalue weighted by Gasteiger charge is -2.33. The molecule has 1 aliphatic carbocycles. The fourth-order valence-corrected chi connectivity index (χ4v) is 4.82. The van der Waals surface area contributed by atoms with Crippen LogP contribution in [0.5, 0.6) is 0 Å². The van der Waals surface area contributed by atoms with E-state index in [9.17, 15) is 5.26 Å². The molecule has 104 valence electrons. The van der Waals surface area contributed by atoms with E-state index in [-0.39, 0.29) is 0 Å². The van der Waals surface area contributed by atoms with Crippen molar-refractivity contribution in [2.45, 2.75) is 24.3 Å². The highest BCUT2D eigenvalue weighted by Crippen LogP contribution is 2.55. The van der Waals surface area contributed by atoms with Crippen LogP contribution in [0.3, 0.4) is 0 Å². The van der Waals surface area contributed by atoms with E-state index in [1.54, 1.807) is 11.3 Å². The van der Waals surface area contributed by atoms with Gasteiger partial charge in [0, 0.05) is 9.75 Å². The average Bonchev–Trinajstić information content (AvgIpc) is 2.93. The molecule has 1 unspecified atom stereocenters. The molecule has 0 spiro atoms. The Morgan fingerprint density at radius 2 is 2.05 bits per heavy atom.